The Morgan fingerprint density at radius 2 is 1.88 bits per heavy atom. The zero-order chi connectivity index (χ0) is 17.3. The second-order valence-electron chi connectivity index (χ2n) is 6.14. The molecule has 1 saturated heterocycles. The number of carbonyl (C=O) groups is 1. The van der Waals surface area contributed by atoms with Crippen molar-refractivity contribution in [2.75, 3.05) is 18.0 Å². The van der Waals surface area contributed by atoms with Crippen LogP contribution in [0.1, 0.15) is 28.8 Å². The van der Waals surface area contributed by atoms with Gasteiger partial charge in [0.2, 0.25) is 5.91 Å². The molecule has 2 N–H and O–H groups in total. The molecule has 0 unspecified atom stereocenters. The Morgan fingerprint density at radius 1 is 1.21 bits per heavy atom. The number of primary amides is 1. The maximum Gasteiger partial charge on any atom is 0.251 e. The van der Waals surface area contributed by atoms with E-state index in [-0.39, 0.29) is 25.9 Å². The molecule has 2 aromatic rings. The smallest absolute Gasteiger partial charge is 0.251 e. The fourth-order valence-electron chi connectivity index (χ4n) is 2.93. The van der Waals surface area contributed by atoms with E-state index in [2.05, 4.69) is 4.98 Å². The van der Waals surface area contributed by atoms with E-state index >= 15 is 0 Å². The van der Waals surface area contributed by atoms with E-state index in [1.54, 1.807) is 18.2 Å². The number of nitrogens with two attached hydrogens (primary N) is 1. The Bertz CT molecular complexity index is 767. The standard InChI is InChI=1S/C18H19F2N3O/c1-12-10-15(13-4-2-3-5-14(13)17(21)24)22-16(11-12)23-8-6-18(19,20)7-9-23/h2-5,10-11H,6-9H2,1H3,(H2,21,24). The number of benzene rings is 1. The summed E-state index contributed by atoms with van der Waals surface area (Å²) in [5, 5.41) is 0. The minimum Gasteiger partial charge on any atom is -0.366 e. The molecule has 1 aromatic carbocycles. The molecule has 4 nitrogen and oxygen atoms in total. The number of nitrogens with zero attached hydrogens (tertiary/aromatic N) is 2. The lowest BCUT2D eigenvalue weighted by Gasteiger charge is -2.33. The second kappa shape index (κ2) is 6.19. The molecule has 2 heterocycles. The molecule has 1 aromatic heterocycles. The van der Waals surface area contributed by atoms with Crippen LogP contribution in [0.2, 0.25) is 0 Å². The number of hydrogen-bond donors (Lipinski definition) is 1. The maximum absolute atomic E-state index is 13.4. The first-order valence-corrected chi connectivity index (χ1v) is 7.86. The third kappa shape index (κ3) is 3.37. The normalized spacial score (nSPS) is 16.9. The van der Waals surface area contributed by atoms with Crippen LogP contribution in [-0.4, -0.2) is 29.9 Å². The van der Waals surface area contributed by atoms with Gasteiger partial charge in [-0.15, -0.1) is 0 Å². The molecular weight excluding hydrogens is 312 g/mol. The number of pyridine rings is 1. The summed E-state index contributed by atoms with van der Waals surface area (Å²) in [6.45, 7) is 2.45. The highest BCUT2D eigenvalue weighted by molar-refractivity contribution is 5.99. The van der Waals surface area contributed by atoms with Crippen molar-refractivity contribution in [3.63, 3.8) is 0 Å². The molecule has 0 aliphatic carbocycles. The van der Waals surface area contributed by atoms with Crippen LogP contribution < -0.4 is 10.6 Å². The lowest BCUT2D eigenvalue weighted by molar-refractivity contribution is -0.0221. The summed E-state index contributed by atoms with van der Waals surface area (Å²) >= 11 is 0. The number of rotatable bonds is 3. The number of piperidine rings is 1. The third-order valence-electron chi connectivity index (χ3n) is 4.24. The van der Waals surface area contributed by atoms with E-state index in [0.29, 0.717) is 22.6 Å². The van der Waals surface area contributed by atoms with Crippen molar-refractivity contribution in [3.8, 4) is 11.3 Å². The van der Waals surface area contributed by atoms with E-state index in [9.17, 15) is 13.6 Å². The summed E-state index contributed by atoms with van der Waals surface area (Å²) in [5.74, 6) is -2.46. The van der Waals surface area contributed by atoms with Crippen LogP contribution in [-0.2, 0) is 0 Å². The molecule has 0 atom stereocenters. The maximum atomic E-state index is 13.4. The number of alkyl halides is 2. The van der Waals surface area contributed by atoms with Crippen molar-refractivity contribution in [2.45, 2.75) is 25.7 Å². The largest absolute Gasteiger partial charge is 0.366 e. The van der Waals surface area contributed by atoms with Crippen molar-refractivity contribution in [1.82, 2.24) is 4.98 Å². The van der Waals surface area contributed by atoms with E-state index in [4.69, 9.17) is 5.73 Å². The number of amides is 1. The van der Waals surface area contributed by atoms with Crippen LogP contribution in [0.25, 0.3) is 11.3 Å². The molecule has 1 fully saturated rings. The monoisotopic (exact) mass is 331 g/mol. The summed E-state index contributed by atoms with van der Waals surface area (Å²) in [7, 11) is 0. The van der Waals surface area contributed by atoms with Crippen molar-refractivity contribution in [2.24, 2.45) is 5.73 Å². The third-order valence-corrected chi connectivity index (χ3v) is 4.24. The topological polar surface area (TPSA) is 59.2 Å². The van der Waals surface area contributed by atoms with E-state index in [1.165, 1.54) is 0 Å². The first-order chi connectivity index (χ1) is 11.4. The Morgan fingerprint density at radius 3 is 2.54 bits per heavy atom. The van der Waals surface area contributed by atoms with Gasteiger partial charge in [0.25, 0.3) is 5.92 Å². The van der Waals surface area contributed by atoms with Crippen molar-refractivity contribution < 1.29 is 13.6 Å². The van der Waals surface area contributed by atoms with Gasteiger partial charge < -0.3 is 10.6 Å². The van der Waals surface area contributed by atoms with Crippen LogP contribution in [0.4, 0.5) is 14.6 Å². The molecule has 24 heavy (non-hydrogen) atoms. The summed E-state index contributed by atoms with van der Waals surface area (Å²) < 4.78 is 26.7. The molecule has 1 amide bonds. The number of hydrogen-bond acceptors (Lipinski definition) is 3. The summed E-state index contributed by atoms with van der Waals surface area (Å²) in [4.78, 5) is 18.1. The zero-order valence-electron chi connectivity index (χ0n) is 13.4. The van der Waals surface area contributed by atoms with Gasteiger partial charge in [0.05, 0.1) is 5.69 Å². The number of carbonyl (C=O) groups excluding carboxylic acids is 1. The van der Waals surface area contributed by atoms with Gasteiger partial charge in [0.1, 0.15) is 5.82 Å². The molecule has 6 heteroatoms. The fraction of sp³-hybridized carbons (Fsp3) is 0.333. The van der Waals surface area contributed by atoms with Gasteiger partial charge in [-0.05, 0) is 30.7 Å². The first-order valence-electron chi connectivity index (χ1n) is 7.86. The highest BCUT2D eigenvalue weighted by Crippen LogP contribution is 2.31. The van der Waals surface area contributed by atoms with Gasteiger partial charge in [-0.3, -0.25) is 4.79 Å². The SMILES string of the molecule is Cc1cc(-c2ccccc2C(N)=O)nc(N2CCC(F)(F)CC2)c1. The molecule has 0 radical (unpaired) electrons. The second-order valence-corrected chi connectivity index (χ2v) is 6.14. The lowest BCUT2D eigenvalue weighted by atomic mass is 10.0. The molecule has 3 rings (SSSR count). The Hall–Kier alpha value is -2.50. The number of halogens is 2. The molecule has 0 spiro atoms. The van der Waals surface area contributed by atoms with Gasteiger partial charge in [-0.2, -0.15) is 0 Å². The Kier molecular flexibility index (Phi) is 4.22. The molecule has 0 saturated carbocycles. The van der Waals surface area contributed by atoms with Gasteiger partial charge in [-0.25, -0.2) is 13.8 Å². The van der Waals surface area contributed by atoms with Crippen LogP contribution in [0.15, 0.2) is 36.4 Å². The van der Waals surface area contributed by atoms with Crippen LogP contribution in [0, 0.1) is 6.92 Å². The minimum absolute atomic E-state index is 0.171. The van der Waals surface area contributed by atoms with Gasteiger partial charge in [-0.1, -0.05) is 18.2 Å². The summed E-state index contributed by atoms with van der Waals surface area (Å²) in [6, 6.07) is 10.7. The van der Waals surface area contributed by atoms with Gasteiger partial charge in [0.15, 0.2) is 0 Å². The molecule has 126 valence electrons. The van der Waals surface area contributed by atoms with Crippen molar-refractivity contribution in [1.29, 1.82) is 0 Å². The summed E-state index contributed by atoms with van der Waals surface area (Å²) in [6.07, 6.45) is -0.342. The first kappa shape index (κ1) is 16.4. The van der Waals surface area contributed by atoms with E-state index in [1.807, 2.05) is 30.0 Å². The van der Waals surface area contributed by atoms with E-state index < -0.39 is 11.8 Å². The number of aryl methyl sites for hydroxylation is 1. The van der Waals surface area contributed by atoms with Gasteiger partial charge >= 0.3 is 0 Å². The van der Waals surface area contributed by atoms with Crippen LogP contribution >= 0.6 is 0 Å². The Labute approximate surface area is 139 Å². The van der Waals surface area contributed by atoms with Crippen LogP contribution in [0.3, 0.4) is 0 Å². The molecule has 1 aliphatic heterocycles. The number of anilines is 1. The van der Waals surface area contributed by atoms with E-state index in [0.717, 1.165) is 5.56 Å². The average Bonchev–Trinajstić information content (AvgIpc) is 2.54. The highest BCUT2D eigenvalue weighted by Gasteiger charge is 2.34. The lowest BCUT2D eigenvalue weighted by Crippen LogP contribution is -2.39. The predicted octanol–water partition coefficient (Wildman–Crippen LogP) is 3.39. The van der Waals surface area contributed by atoms with Crippen molar-refractivity contribution in [3.05, 3.63) is 47.5 Å². The number of aromatic nitrogens is 1. The zero-order valence-corrected chi connectivity index (χ0v) is 13.4. The van der Waals surface area contributed by atoms with Crippen LogP contribution in [0.5, 0.6) is 0 Å². The van der Waals surface area contributed by atoms with Crippen molar-refractivity contribution >= 4 is 11.7 Å². The molecule has 0 bridgehead atoms. The molecule has 1 aliphatic rings. The fourth-order valence-corrected chi connectivity index (χ4v) is 2.93. The average molecular weight is 331 g/mol. The highest BCUT2D eigenvalue weighted by atomic mass is 19.3. The quantitative estimate of drug-likeness (QED) is 0.938. The summed E-state index contributed by atoms with van der Waals surface area (Å²) in [5.41, 5.74) is 8.06. The Balaban J connectivity index is 1.97. The molecular formula is C18H19F2N3O. The minimum atomic E-state index is -2.60. The predicted molar refractivity (Wildman–Crippen MR) is 89.3 cm³/mol. The van der Waals surface area contributed by atoms with Gasteiger partial charge in [0, 0.05) is 37.1 Å².